The Morgan fingerprint density at radius 3 is 2.79 bits per heavy atom. The molecular weight excluding hydrogens is 386 g/mol. The molecule has 0 heterocycles. The summed E-state index contributed by atoms with van der Waals surface area (Å²) in [6.07, 6.45) is 3.29. The van der Waals surface area contributed by atoms with E-state index in [2.05, 4.69) is 16.1 Å². The molecule has 1 amide bonds. The number of hydrogen-bond donors (Lipinski definition) is 1. The van der Waals surface area contributed by atoms with Crippen molar-refractivity contribution in [2.75, 3.05) is 18.2 Å². The first-order valence-corrected chi connectivity index (χ1v) is 9.22. The molecule has 0 bridgehead atoms. The van der Waals surface area contributed by atoms with Crippen molar-refractivity contribution in [1.29, 1.82) is 5.26 Å². The molecule has 0 radical (unpaired) electrons. The average molecular weight is 404 g/mol. The van der Waals surface area contributed by atoms with Crippen LogP contribution >= 0.6 is 11.8 Å². The minimum atomic E-state index is -2.95. The van der Waals surface area contributed by atoms with Crippen LogP contribution in [0, 0.1) is 11.3 Å². The van der Waals surface area contributed by atoms with E-state index >= 15 is 0 Å². The lowest BCUT2D eigenvalue weighted by Crippen LogP contribution is -2.08. The topological polar surface area (TPSA) is 71.3 Å². The van der Waals surface area contributed by atoms with Gasteiger partial charge in [-0.1, -0.05) is 18.2 Å². The van der Waals surface area contributed by atoms with Gasteiger partial charge in [0.25, 0.3) is 0 Å². The van der Waals surface area contributed by atoms with Crippen LogP contribution in [0.3, 0.4) is 0 Å². The summed E-state index contributed by atoms with van der Waals surface area (Å²) in [4.78, 5) is 13.1. The number of carbonyl (C=O) groups excluding carboxylic acids is 1. The van der Waals surface area contributed by atoms with Gasteiger partial charge >= 0.3 is 6.61 Å². The first-order valence-electron chi connectivity index (χ1n) is 8.24. The standard InChI is InChI=1S/C20H18F2N2O3S/c1-26-17-13-14(7-9-16(17)27-20(21)22)8-10-19(25)24-15-5-2-3-6-18(15)28-12-4-11-23/h2-3,5-10,13,20H,4,12H2,1H3,(H,24,25)/b10-8+. The van der Waals surface area contributed by atoms with Gasteiger partial charge < -0.3 is 14.8 Å². The van der Waals surface area contributed by atoms with Crippen LogP contribution in [0.1, 0.15) is 12.0 Å². The number of alkyl halides is 2. The van der Waals surface area contributed by atoms with Gasteiger partial charge in [0.2, 0.25) is 5.91 Å². The molecule has 0 atom stereocenters. The number of nitrogens with one attached hydrogen (secondary N) is 1. The Morgan fingerprint density at radius 1 is 1.29 bits per heavy atom. The van der Waals surface area contributed by atoms with E-state index in [9.17, 15) is 13.6 Å². The maximum atomic E-state index is 12.4. The van der Waals surface area contributed by atoms with Crippen LogP contribution in [0.25, 0.3) is 6.08 Å². The summed E-state index contributed by atoms with van der Waals surface area (Å²) >= 11 is 1.49. The normalized spacial score (nSPS) is 10.7. The second-order valence-corrected chi connectivity index (χ2v) is 6.50. The van der Waals surface area contributed by atoms with Crippen LogP contribution in [0.15, 0.2) is 53.4 Å². The Balaban J connectivity index is 2.05. The van der Waals surface area contributed by atoms with E-state index in [1.165, 1.54) is 49.2 Å². The molecule has 0 aliphatic heterocycles. The molecule has 1 N–H and O–H groups in total. The van der Waals surface area contributed by atoms with Crippen molar-refractivity contribution in [3.8, 4) is 17.6 Å². The summed E-state index contributed by atoms with van der Waals surface area (Å²) in [6.45, 7) is -2.95. The Kier molecular flexibility index (Phi) is 8.31. The third kappa shape index (κ3) is 6.59. The highest BCUT2D eigenvalue weighted by Crippen LogP contribution is 2.30. The maximum Gasteiger partial charge on any atom is 0.387 e. The zero-order chi connectivity index (χ0) is 20.4. The Bertz CT molecular complexity index is 882. The summed E-state index contributed by atoms with van der Waals surface area (Å²) in [5.41, 5.74) is 1.24. The Hall–Kier alpha value is -3.05. The molecule has 0 fully saturated rings. The molecule has 0 aromatic heterocycles. The molecule has 5 nitrogen and oxygen atoms in total. The highest BCUT2D eigenvalue weighted by molar-refractivity contribution is 7.99. The molecule has 0 spiro atoms. The molecule has 0 aliphatic rings. The van der Waals surface area contributed by atoms with E-state index in [1.54, 1.807) is 12.1 Å². The molecule has 0 aliphatic carbocycles. The number of amides is 1. The monoisotopic (exact) mass is 404 g/mol. The second-order valence-electron chi connectivity index (χ2n) is 5.36. The van der Waals surface area contributed by atoms with Crippen molar-refractivity contribution in [2.45, 2.75) is 17.9 Å². The smallest absolute Gasteiger partial charge is 0.387 e. The minimum absolute atomic E-state index is 0.0811. The van der Waals surface area contributed by atoms with E-state index in [-0.39, 0.29) is 17.4 Å². The van der Waals surface area contributed by atoms with Gasteiger partial charge in [-0.2, -0.15) is 14.0 Å². The SMILES string of the molecule is COc1cc(/C=C/C(=O)Nc2ccccc2SCCC#N)ccc1OC(F)F. The number of para-hydroxylation sites is 1. The highest BCUT2D eigenvalue weighted by atomic mass is 32.2. The van der Waals surface area contributed by atoms with Crippen LogP contribution in [0.4, 0.5) is 14.5 Å². The quantitative estimate of drug-likeness (QED) is 0.364. The predicted molar refractivity (Wildman–Crippen MR) is 105 cm³/mol. The molecule has 0 saturated heterocycles. The van der Waals surface area contributed by atoms with Crippen molar-refractivity contribution in [3.05, 3.63) is 54.1 Å². The van der Waals surface area contributed by atoms with E-state index in [1.807, 2.05) is 12.1 Å². The summed E-state index contributed by atoms with van der Waals surface area (Å²) in [7, 11) is 1.34. The van der Waals surface area contributed by atoms with E-state index in [0.717, 1.165) is 4.90 Å². The van der Waals surface area contributed by atoms with Crippen LogP contribution in [0.2, 0.25) is 0 Å². The van der Waals surface area contributed by atoms with Crippen LogP contribution < -0.4 is 14.8 Å². The highest BCUT2D eigenvalue weighted by Gasteiger charge is 2.10. The largest absolute Gasteiger partial charge is 0.493 e. The van der Waals surface area contributed by atoms with Gasteiger partial charge in [-0.15, -0.1) is 11.8 Å². The zero-order valence-electron chi connectivity index (χ0n) is 15.0. The van der Waals surface area contributed by atoms with Crippen molar-refractivity contribution >= 4 is 29.4 Å². The first-order chi connectivity index (χ1) is 13.5. The summed E-state index contributed by atoms with van der Waals surface area (Å²) in [5, 5.41) is 11.4. The van der Waals surface area contributed by atoms with Crippen LogP contribution in [-0.2, 0) is 4.79 Å². The van der Waals surface area contributed by atoms with E-state index < -0.39 is 6.61 Å². The van der Waals surface area contributed by atoms with Gasteiger partial charge in [0.15, 0.2) is 11.5 Å². The number of halogens is 2. The molecule has 8 heteroatoms. The fraction of sp³-hybridized carbons (Fsp3) is 0.200. The number of hydrogen-bond acceptors (Lipinski definition) is 5. The molecule has 28 heavy (non-hydrogen) atoms. The molecule has 0 unspecified atom stereocenters. The number of rotatable bonds is 9. The summed E-state index contributed by atoms with van der Waals surface area (Å²) in [6, 6.07) is 13.8. The number of ether oxygens (including phenoxy) is 2. The van der Waals surface area contributed by atoms with Gasteiger partial charge in [-0.05, 0) is 35.9 Å². The number of nitriles is 1. The number of nitrogens with zero attached hydrogens (tertiary/aromatic N) is 1. The molecule has 2 rings (SSSR count). The average Bonchev–Trinajstić information content (AvgIpc) is 2.68. The molecule has 146 valence electrons. The number of thioether (sulfide) groups is 1. The molecular formula is C20H18F2N2O3S. The van der Waals surface area contributed by atoms with Gasteiger partial charge in [0.05, 0.1) is 18.9 Å². The Labute approximate surface area is 166 Å². The number of carbonyl (C=O) groups is 1. The fourth-order valence-corrected chi connectivity index (χ4v) is 3.09. The second kappa shape index (κ2) is 10.9. The molecule has 2 aromatic carbocycles. The lowest BCUT2D eigenvalue weighted by atomic mass is 10.2. The van der Waals surface area contributed by atoms with Gasteiger partial charge in [-0.3, -0.25) is 4.79 Å². The van der Waals surface area contributed by atoms with Crippen LogP contribution in [0.5, 0.6) is 11.5 Å². The van der Waals surface area contributed by atoms with E-state index in [4.69, 9.17) is 10.00 Å². The van der Waals surface area contributed by atoms with Gasteiger partial charge in [-0.25, -0.2) is 0 Å². The van der Waals surface area contributed by atoms with Crippen molar-refractivity contribution in [2.24, 2.45) is 0 Å². The third-order valence-electron chi connectivity index (χ3n) is 3.45. The maximum absolute atomic E-state index is 12.4. The fourth-order valence-electron chi connectivity index (χ4n) is 2.23. The minimum Gasteiger partial charge on any atom is -0.493 e. The van der Waals surface area contributed by atoms with E-state index in [0.29, 0.717) is 23.4 Å². The third-order valence-corrected chi connectivity index (χ3v) is 4.52. The zero-order valence-corrected chi connectivity index (χ0v) is 15.8. The van der Waals surface area contributed by atoms with Crippen LogP contribution in [-0.4, -0.2) is 25.4 Å². The number of benzene rings is 2. The van der Waals surface area contributed by atoms with Gasteiger partial charge in [0, 0.05) is 23.1 Å². The number of methoxy groups -OCH3 is 1. The first kappa shape index (κ1) is 21.3. The summed E-state index contributed by atoms with van der Waals surface area (Å²) in [5.74, 6) is 0.344. The predicted octanol–water partition coefficient (Wildman–Crippen LogP) is 4.95. The molecule has 2 aromatic rings. The lowest BCUT2D eigenvalue weighted by Gasteiger charge is -2.10. The summed E-state index contributed by atoms with van der Waals surface area (Å²) < 4.78 is 34.1. The van der Waals surface area contributed by atoms with Crippen molar-refractivity contribution < 1.29 is 23.0 Å². The van der Waals surface area contributed by atoms with Gasteiger partial charge in [0.1, 0.15) is 0 Å². The van der Waals surface area contributed by atoms with Crippen molar-refractivity contribution in [3.63, 3.8) is 0 Å². The molecule has 0 saturated carbocycles. The Morgan fingerprint density at radius 2 is 2.07 bits per heavy atom. The number of anilines is 1. The van der Waals surface area contributed by atoms with Crippen molar-refractivity contribution in [1.82, 2.24) is 0 Å². The lowest BCUT2D eigenvalue weighted by molar-refractivity contribution is -0.111.